The van der Waals surface area contributed by atoms with E-state index in [2.05, 4.69) is 10.7 Å². The number of carbonyl (C=O) groups excluding carboxylic acids is 1. The van der Waals surface area contributed by atoms with Crippen molar-refractivity contribution in [2.75, 3.05) is 5.84 Å². The van der Waals surface area contributed by atoms with Crippen molar-refractivity contribution in [2.45, 2.75) is 0 Å². The molecule has 0 spiro atoms. The lowest BCUT2D eigenvalue weighted by Crippen LogP contribution is -2.42. The predicted molar refractivity (Wildman–Crippen MR) is 38.1 cm³/mol. The molecular weight excluding hydrogens is 146 g/mol. The summed E-state index contributed by atoms with van der Waals surface area (Å²) in [6.07, 6.45) is 3.56. The smallest absolute Gasteiger partial charge is 0.312 e. The minimum absolute atomic E-state index is 0.153. The Hall–Kier alpha value is -1.62. The first kappa shape index (κ1) is 9.38. The fourth-order valence-electron chi connectivity index (χ4n) is 0.412. The van der Waals surface area contributed by atoms with Crippen LogP contribution in [0, 0.1) is 0 Å². The lowest BCUT2D eigenvalue weighted by Gasteiger charge is -1.76. The van der Waals surface area contributed by atoms with E-state index in [1.165, 1.54) is 4.68 Å². The third kappa shape index (κ3) is 6.26. The molecule has 0 radical (unpaired) electrons. The molecule has 60 valence electrons. The zero-order valence-electron chi connectivity index (χ0n) is 5.88. The number of nitrogens with zero attached hydrogens (tertiary/aromatic N) is 1. The summed E-state index contributed by atoms with van der Waals surface area (Å²) < 4.78 is 1.50. The fraction of sp³-hybridized carbons (Fsp3) is 0. The molecule has 0 atom stereocenters. The van der Waals surface area contributed by atoms with Gasteiger partial charge in [0.2, 0.25) is 0 Å². The molecule has 0 unspecified atom stereocenters. The number of nitrogen functional groups attached to an aromatic ring is 1. The number of hydrogen-bond acceptors (Lipinski definition) is 4. The fourth-order valence-corrected chi connectivity index (χ4v) is 0.412. The Kier molecular flexibility index (Phi) is 5.54. The van der Waals surface area contributed by atoms with Gasteiger partial charge >= 0.3 is 6.47 Å². The van der Waals surface area contributed by atoms with Gasteiger partial charge in [0.1, 0.15) is 0 Å². The Labute approximate surface area is 64.1 Å². The van der Waals surface area contributed by atoms with Gasteiger partial charge in [-0.3, -0.25) is 4.79 Å². The van der Waals surface area contributed by atoms with E-state index in [-0.39, 0.29) is 6.47 Å². The highest BCUT2D eigenvalue weighted by Crippen LogP contribution is 1.70. The molecular formula is C6H10N3O2+. The van der Waals surface area contributed by atoms with Crippen molar-refractivity contribution >= 4 is 6.47 Å². The number of rotatable bonds is 1. The minimum atomic E-state index is 0.153. The maximum Gasteiger partial charge on any atom is 0.312 e. The van der Waals surface area contributed by atoms with Crippen molar-refractivity contribution in [3.63, 3.8) is 0 Å². The van der Waals surface area contributed by atoms with Crippen LogP contribution in [0.4, 0.5) is 0 Å². The molecule has 0 aliphatic carbocycles. The molecule has 0 aliphatic rings. The summed E-state index contributed by atoms with van der Waals surface area (Å²) >= 11 is 0. The van der Waals surface area contributed by atoms with Gasteiger partial charge < -0.3 is 4.84 Å². The maximum atomic E-state index is 8.83. The van der Waals surface area contributed by atoms with E-state index in [4.69, 9.17) is 10.6 Å². The Morgan fingerprint density at radius 3 is 1.91 bits per heavy atom. The molecule has 0 aliphatic heterocycles. The quantitative estimate of drug-likeness (QED) is 0.230. The SMILES string of the molecule is NOC=O.N[n+]1ccccc1. The summed E-state index contributed by atoms with van der Waals surface area (Å²) in [7, 11) is 0. The highest BCUT2D eigenvalue weighted by atomic mass is 16.6. The summed E-state index contributed by atoms with van der Waals surface area (Å²) in [5.41, 5.74) is 0. The van der Waals surface area contributed by atoms with Crippen LogP contribution in [-0.2, 0) is 9.63 Å². The summed E-state index contributed by atoms with van der Waals surface area (Å²) in [5, 5.41) is 0. The molecule has 4 N–H and O–H groups in total. The standard InChI is InChI=1S/C5H7N2.CH3NO2/c6-7-4-2-1-3-5-7;2-4-1-3/h1-5H,6H2;1H,2H2/q+1;. The van der Waals surface area contributed by atoms with Crippen LogP contribution in [0.25, 0.3) is 0 Å². The number of aromatic nitrogens is 1. The highest BCUT2D eigenvalue weighted by molar-refractivity contribution is 5.35. The van der Waals surface area contributed by atoms with Crippen molar-refractivity contribution in [3.05, 3.63) is 30.6 Å². The molecule has 0 bridgehead atoms. The number of pyridine rings is 1. The van der Waals surface area contributed by atoms with Crippen molar-refractivity contribution in [2.24, 2.45) is 5.90 Å². The van der Waals surface area contributed by atoms with Crippen LogP contribution in [0.15, 0.2) is 30.6 Å². The van der Waals surface area contributed by atoms with Crippen molar-refractivity contribution in [1.29, 1.82) is 0 Å². The van der Waals surface area contributed by atoms with Crippen LogP contribution in [0.3, 0.4) is 0 Å². The first-order chi connectivity index (χ1) is 5.31. The van der Waals surface area contributed by atoms with Crippen LogP contribution in [-0.4, -0.2) is 6.47 Å². The van der Waals surface area contributed by atoms with Gasteiger partial charge in [-0.25, -0.2) is 5.84 Å². The van der Waals surface area contributed by atoms with Gasteiger partial charge in [0, 0.05) is 12.1 Å². The van der Waals surface area contributed by atoms with Gasteiger partial charge in [0.15, 0.2) is 12.4 Å². The Morgan fingerprint density at radius 2 is 1.73 bits per heavy atom. The largest absolute Gasteiger partial charge is 0.376 e. The van der Waals surface area contributed by atoms with E-state index in [0.29, 0.717) is 0 Å². The minimum Gasteiger partial charge on any atom is -0.376 e. The zero-order chi connectivity index (χ0) is 8.53. The molecule has 5 nitrogen and oxygen atoms in total. The Balaban J connectivity index is 0.000000218. The third-order valence-electron chi connectivity index (χ3n) is 0.794. The molecule has 0 saturated heterocycles. The van der Waals surface area contributed by atoms with Crippen molar-refractivity contribution in [3.8, 4) is 0 Å². The average Bonchev–Trinajstić information content (AvgIpc) is 2.07. The molecule has 0 aromatic carbocycles. The Morgan fingerprint density at radius 1 is 1.27 bits per heavy atom. The van der Waals surface area contributed by atoms with Crippen LogP contribution in [0.2, 0.25) is 0 Å². The van der Waals surface area contributed by atoms with Crippen LogP contribution in [0.1, 0.15) is 0 Å². The van der Waals surface area contributed by atoms with Crippen LogP contribution in [0.5, 0.6) is 0 Å². The molecule has 0 amide bonds. The highest BCUT2D eigenvalue weighted by Gasteiger charge is 1.79. The summed E-state index contributed by atoms with van der Waals surface area (Å²) in [6, 6.07) is 5.67. The lowest BCUT2D eigenvalue weighted by atomic mass is 10.5. The predicted octanol–water partition coefficient (Wildman–Crippen LogP) is -1.28. The molecule has 11 heavy (non-hydrogen) atoms. The van der Waals surface area contributed by atoms with Crippen molar-refractivity contribution in [1.82, 2.24) is 0 Å². The van der Waals surface area contributed by atoms with Gasteiger partial charge in [0.05, 0.1) is 0 Å². The second kappa shape index (κ2) is 6.50. The van der Waals surface area contributed by atoms with E-state index >= 15 is 0 Å². The van der Waals surface area contributed by atoms with Crippen molar-refractivity contribution < 1.29 is 14.3 Å². The van der Waals surface area contributed by atoms with E-state index in [0.717, 1.165) is 0 Å². The first-order valence-corrected chi connectivity index (χ1v) is 2.82. The van der Waals surface area contributed by atoms with Gasteiger partial charge in [-0.05, 0) is 0 Å². The maximum absolute atomic E-state index is 8.83. The van der Waals surface area contributed by atoms with Crippen LogP contribution >= 0.6 is 0 Å². The van der Waals surface area contributed by atoms with Gasteiger partial charge in [0.25, 0.3) is 0 Å². The van der Waals surface area contributed by atoms with E-state index in [9.17, 15) is 0 Å². The number of nitrogens with two attached hydrogens (primary N) is 2. The summed E-state index contributed by atoms with van der Waals surface area (Å²) in [6.45, 7) is 0.153. The first-order valence-electron chi connectivity index (χ1n) is 2.82. The number of hydrogen-bond donors (Lipinski definition) is 2. The van der Waals surface area contributed by atoms with Gasteiger partial charge in [-0.15, -0.1) is 0 Å². The molecule has 0 saturated carbocycles. The summed E-state index contributed by atoms with van der Waals surface area (Å²) in [4.78, 5) is 12.2. The second-order valence-electron chi connectivity index (χ2n) is 1.56. The molecule has 1 rings (SSSR count). The third-order valence-corrected chi connectivity index (χ3v) is 0.794. The average molecular weight is 156 g/mol. The monoisotopic (exact) mass is 156 g/mol. The molecule has 5 heteroatoms. The topological polar surface area (TPSA) is 82.2 Å². The second-order valence-corrected chi connectivity index (χ2v) is 1.56. The normalized spacial score (nSPS) is 7.36. The van der Waals surface area contributed by atoms with Gasteiger partial charge in [-0.2, -0.15) is 5.90 Å². The van der Waals surface area contributed by atoms with E-state index < -0.39 is 0 Å². The molecule has 1 aromatic rings. The zero-order valence-corrected chi connectivity index (χ0v) is 5.88. The number of carbonyl (C=O) groups is 1. The van der Waals surface area contributed by atoms with E-state index in [1.54, 1.807) is 12.4 Å². The molecule has 1 heterocycles. The van der Waals surface area contributed by atoms with Gasteiger partial charge in [-0.1, -0.05) is 10.7 Å². The van der Waals surface area contributed by atoms with E-state index in [1.807, 2.05) is 18.2 Å². The molecule has 1 aromatic heterocycles. The van der Waals surface area contributed by atoms with Crippen LogP contribution < -0.4 is 16.4 Å². The summed E-state index contributed by atoms with van der Waals surface area (Å²) in [5.74, 6) is 9.43. The molecule has 0 fully saturated rings. The lowest BCUT2D eigenvalue weighted by molar-refractivity contribution is -0.638. The Bertz CT molecular complexity index is 190.